The zero-order valence-corrected chi connectivity index (χ0v) is 14.6. The van der Waals surface area contributed by atoms with Crippen molar-refractivity contribution in [3.63, 3.8) is 0 Å². The number of carbonyl (C=O) groups is 1. The lowest BCUT2D eigenvalue weighted by Crippen LogP contribution is -2.25. The van der Waals surface area contributed by atoms with Gasteiger partial charge in [-0.15, -0.1) is 0 Å². The molecule has 6 nitrogen and oxygen atoms in total. The van der Waals surface area contributed by atoms with Crippen molar-refractivity contribution in [2.75, 3.05) is 13.7 Å². The summed E-state index contributed by atoms with van der Waals surface area (Å²) in [5, 5.41) is 9.45. The Morgan fingerprint density at radius 3 is 2.72 bits per heavy atom. The third-order valence-electron chi connectivity index (χ3n) is 3.66. The van der Waals surface area contributed by atoms with Gasteiger partial charge in [0.15, 0.2) is 11.6 Å². The number of hydrogen-bond acceptors (Lipinski definition) is 6. The molecule has 0 bridgehead atoms. The predicted octanol–water partition coefficient (Wildman–Crippen LogP) is 3.13. The molecule has 1 atom stereocenters. The molecule has 0 amide bonds. The Kier molecular flexibility index (Phi) is 5.55. The van der Waals surface area contributed by atoms with Crippen molar-refractivity contribution in [1.82, 2.24) is 0 Å². The van der Waals surface area contributed by atoms with E-state index in [4.69, 9.17) is 31.5 Å². The number of methoxy groups -OCH3 is 1. The van der Waals surface area contributed by atoms with Crippen LogP contribution in [-0.4, -0.2) is 19.7 Å². The fourth-order valence-electron chi connectivity index (χ4n) is 2.63. The molecule has 0 saturated carbocycles. The molecule has 0 fully saturated rings. The molecule has 0 spiro atoms. The summed E-state index contributed by atoms with van der Waals surface area (Å²) < 4.78 is 29.5. The van der Waals surface area contributed by atoms with Gasteiger partial charge in [0.05, 0.1) is 30.2 Å². The molecule has 1 aliphatic heterocycles. The second-order valence-corrected chi connectivity index (χ2v) is 5.54. The molecule has 25 heavy (non-hydrogen) atoms. The van der Waals surface area contributed by atoms with Gasteiger partial charge in [-0.2, -0.15) is 5.26 Å². The average Bonchev–Trinajstić information content (AvgIpc) is 2.53. The number of nitrogens with two attached hydrogens (primary N) is 1. The van der Waals surface area contributed by atoms with Crippen LogP contribution >= 0.6 is 11.6 Å². The first kappa shape index (κ1) is 18.6. The van der Waals surface area contributed by atoms with Crippen LogP contribution in [0.15, 0.2) is 34.9 Å². The van der Waals surface area contributed by atoms with Crippen LogP contribution < -0.4 is 10.5 Å². The predicted molar refractivity (Wildman–Crippen MR) is 87.9 cm³/mol. The van der Waals surface area contributed by atoms with Crippen LogP contribution in [0.2, 0.25) is 5.02 Å². The van der Waals surface area contributed by atoms with Crippen molar-refractivity contribution in [3.8, 4) is 11.8 Å². The highest BCUT2D eigenvalue weighted by atomic mass is 35.5. The Balaban J connectivity index is 2.69. The largest absolute Gasteiger partial charge is 0.492 e. The standard InChI is InChI=1S/C17H16ClFN2O4/c1-4-24-17(22)13-8(2)25-16(21)10(7-20)14(13)9-5-11(18)15(23-3)12(19)6-9/h5-6,14H,4,21H2,1-3H3. The van der Waals surface area contributed by atoms with Gasteiger partial charge >= 0.3 is 5.97 Å². The van der Waals surface area contributed by atoms with Crippen molar-refractivity contribution in [1.29, 1.82) is 5.26 Å². The summed E-state index contributed by atoms with van der Waals surface area (Å²) >= 11 is 6.05. The summed E-state index contributed by atoms with van der Waals surface area (Å²) in [5.74, 6) is -2.49. The molecule has 0 radical (unpaired) electrons. The Hall–Kier alpha value is -2.72. The summed E-state index contributed by atoms with van der Waals surface area (Å²) in [6, 6.07) is 4.46. The zero-order chi connectivity index (χ0) is 18.7. The summed E-state index contributed by atoms with van der Waals surface area (Å²) in [7, 11) is 1.28. The molecular formula is C17H16ClFN2O4. The van der Waals surface area contributed by atoms with Gasteiger partial charge in [0.2, 0.25) is 5.88 Å². The second-order valence-electron chi connectivity index (χ2n) is 5.13. The number of rotatable bonds is 4. The van der Waals surface area contributed by atoms with Gasteiger partial charge in [0.1, 0.15) is 17.4 Å². The number of hydrogen-bond donors (Lipinski definition) is 1. The second kappa shape index (κ2) is 7.45. The van der Waals surface area contributed by atoms with E-state index in [1.54, 1.807) is 6.92 Å². The SMILES string of the molecule is CCOC(=O)C1=C(C)OC(N)=C(C#N)C1c1cc(F)c(OC)c(Cl)c1. The third-order valence-corrected chi connectivity index (χ3v) is 3.94. The maximum atomic E-state index is 14.3. The minimum absolute atomic E-state index is 0.000662. The normalized spacial score (nSPS) is 17.0. The van der Waals surface area contributed by atoms with Crippen LogP contribution in [0, 0.1) is 17.1 Å². The van der Waals surface area contributed by atoms with E-state index in [1.165, 1.54) is 20.1 Å². The number of benzene rings is 1. The van der Waals surface area contributed by atoms with E-state index in [-0.39, 0.29) is 45.7 Å². The van der Waals surface area contributed by atoms with Gasteiger partial charge in [0.25, 0.3) is 0 Å². The lowest BCUT2D eigenvalue weighted by atomic mass is 9.83. The molecule has 1 heterocycles. The van der Waals surface area contributed by atoms with Gasteiger partial charge in [0, 0.05) is 0 Å². The molecule has 1 aliphatic rings. The lowest BCUT2D eigenvalue weighted by Gasteiger charge is -2.27. The summed E-state index contributed by atoms with van der Waals surface area (Å²) in [6.07, 6.45) is 0. The van der Waals surface area contributed by atoms with Crippen molar-refractivity contribution in [2.45, 2.75) is 19.8 Å². The minimum Gasteiger partial charge on any atom is -0.492 e. The molecular weight excluding hydrogens is 351 g/mol. The van der Waals surface area contributed by atoms with E-state index in [9.17, 15) is 14.4 Å². The van der Waals surface area contributed by atoms with Crippen LogP contribution in [0.5, 0.6) is 5.75 Å². The Labute approximate surface area is 149 Å². The highest BCUT2D eigenvalue weighted by Crippen LogP contribution is 2.42. The fraction of sp³-hybridized carbons (Fsp3) is 0.294. The molecule has 0 aromatic heterocycles. The number of allylic oxidation sites excluding steroid dienone is 2. The molecule has 2 rings (SSSR count). The fourth-order valence-corrected chi connectivity index (χ4v) is 2.92. The first-order valence-electron chi connectivity index (χ1n) is 7.34. The highest BCUT2D eigenvalue weighted by Gasteiger charge is 2.37. The monoisotopic (exact) mass is 366 g/mol. The van der Waals surface area contributed by atoms with Crippen molar-refractivity contribution in [2.24, 2.45) is 5.73 Å². The zero-order valence-electron chi connectivity index (χ0n) is 13.9. The summed E-state index contributed by atoms with van der Waals surface area (Å²) in [4.78, 5) is 12.4. The van der Waals surface area contributed by atoms with Crippen molar-refractivity contribution < 1.29 is 23.4 Å². The smallest absolute Gasteiger partial charge is 0.338 e. The maximum Gasteiger partial charge on any atom is 0.338 e. The maximum absolute atomic E-state index is 14.3. The molecule has 132 valence electrons. The van der Waals surface area contributed by atoms with Gasteiger partial charge in [-0.05, 0) is 31.5 Å². The Bertz CT molecular complexity index is 803. The number of nitrogens with zero attached hydrogens (tertiary/aromatic N) is 1. The first-order valence-corrected chi connectivity index (χ1v) is 7.71. The summed E-state index contributed by atoms with van der Waals surface area (Å²) in [6.45, 7) is 3.29. The first-order chi connectivity index (χ1) is 11.8. The van der Waals surface area contributed by atoms with Gasteiger partial charge in [-0.1, -0.05) is 11.6 Å². The molecule has 8 heteroatoms. The van der Waals surface area contributed by atoms with E-state index >= 15 is 0 Å². The lowest BCUT2D eigenvalue weighted by molar-refractivity contribution is -0.139. The average molecular weight is 367 g/mol. The van der Waals surface area contributed by atoms with Crippen LogP contribution in [-0.2, 0) is 14.3 Å². The number of carbonyl (C=O) groups excluding carboxylic acids is 1. The quantitative estimate of drug-likeness (QED) is 0.822. The Morgan fingerprint density at radius 1 is 1.52 bits per heavy atom. The number of esters is 1. The van der Waals surface area contributed by atoms with Crippen LogP contribution in [0.1, 0.15) is 25.3 Å². The van der Waals surface area contributed by atoms with Crippen molar-refractivity contribution >= 4 is 17.6 Å². The van der Waals surface area contributed by atoms with E-state index in [2.05, 4.69) is 0 Å². The van der Waals surface area contributed by atoms with Crippen LogP contribution in [0.3, 0.4) is 0 Å². The van der Waals surface area contributed by atoms with E-state index in [0.717, 1.165) is 6.07 Å². The number of halogens is 2. The van der Waals surface area contributed by atoms with E-state index in [0.29, 0.717) is 0 Å². The summed E-state index contributed by atoms with van der Waals surface area (Å²) in [5.41, 5.74) is 6.06. The van der Waals surface area contributed by atoms with Gasteiger partial charge in [-0.3, -0.25) is 0 Å². The van der Waals surface area contributed by atoms with Crippen LogP contribution in [0.4, 0.5) is 4.39 Å². The van der Waals surface area contributed by atoms with E-state index in [1.807, 2.05) is 6.07 Å². The highest BCUT2D eigenvalue weighted by molar-refractivity contribution is 6.32. The molecule has 0 aliphatic carbocycles. The Morgan fingerprint density at radius 2 is 2.20 bits per heavy atom. The van der Waals surface area contributed by atoms with Gasteiger partial charge in [-0.25, -0.2) is 9.18 Å². The third kappa shape index (κ3) is 3.39. The van der Waals surface area contributed by atoms with Crippen molar-refractivity contribution in [3.05, 3.63) is 51.3 Å². The topological polar surface area (TPSA) is 94.6 Å². The molecule has 1 aromatic rings. The van der Waals surface area contributed by atoms with E-state index < -0.39 is 17.7 Å². The minimum atomic E-state index is -0.962. The number of nitriles is 1. The van der Waals surface area contributed by atoms with Crippen LogP contribution in [0.25, 0.3) is 0 Å². The molecule has 0 saturated heterocycles. The molecule has 2 N–H and O–H groups in total. The molecule has 1 unspecified atom stereocenters. The molecule has 1 aromatic carbocycles. The number of ether oxygens (including phenoxy) is 3. The van der Waals surface area contributed by atoms with Gasteiger partial charge < -0.3 is 19.9 Å².